The molecule has 8 nitrogen and oxygen atoms in total. The van der Waals surface area contributed by atoms with Gasteiger partial charge in [-0.3, -0.25) is 4.79 Å². The summed E-state index contributed by atoms with van der Waals surface area (Å²) in [5.41, 5.74) is 2.36. The van der Waals surface area contributed by atoms with Gasteiger partial charge in [0.25, 0.3) is 5.91 Å². The van der Waals surface area contributed by atoms with Gasteiger partial charge >= 0.3 is 0 Å². The number of benzene rings is 1. The standard InChI is InChI=1S/C17H14N6O2/c1-25-15-9-12(22-8-6-18-11-22)4-5-13(15)21-17(24)16-14-3-2-7-23(14)20-10-19-16/h2-11H,1H3,(H,21,24). The second-order valence-corrected chi connectivity index (χ2v) is 5.26. The minimum absolute atomic E-state index is 0.292. The molecule has 0 saturated heterocycles. The van der Waals surface area contributed by atoms with Crippen molar-refractivity contribution < 1.29 is 9.53 Å². The Balaban J connectivity index is 1.66. The number of hydrogen-bond acceptors (Lipinski definition) is 5. The molecule has 3 heterocycles. The predicted molar refractivity (Wildman–Crippen MR) is 91.1 cm³/mol. The molecule has 0 unspecified atom stereocenters. The van der Waals surface area contributed by atoms with Crippen molar-refractivity contribution in [1.29, 1.82) is 0 Å². The lowest BCUT2D eigenvalue weighted by atomic mass is 10.2. The van der Waals surface area contributed by atoms with Gasteiger partial charge in [-0.15, -0.1) is 0 Å². The second kappa shape index (κ2) is 6.08. The zero-order chi connectivity index (χ0) is 17.2. The third-order valence-corrected chi connectivity index (χ3v) is 3.78. The lowest BCUT2D eigenvalue weighted by molar-refractivity contribution is 0.102. The number of ether oxygens (including phenoxy) is 1. The molecular weight excluding hydrogens is 320 g/mol. The highest BCUT2D eigenvalue weighted by Crippen LogP contribution is 2.27. The zero-order valence-corrected chi connectivity index (χ0v) is 13.3. The summed E-state index contributed by atoms with van der Waals surface area (Å²) in [5.74, 6) is 0.208. The Morgan fingerprint density at radius 3 is 2.96 bits per heavy atom. The number of fused-ring (bicyclic) bond motifs is 1. The number of aromatic nitrogens is 5. The van der Waals surface area contributed by atoms with Crippen molar-refractivity contribution in [2.24, 2.45) is 0 Å². The molecule has 4 rings (SSSR count). The highest BCUT2D eigenvalue weighted by molar-refractivity contribution is 6.07. The second-order valence-electron chi connectivity index (χ2n) is 5.26. The highest BCUT2D eigenvalue weighted by Gasteiger charge is 2.15. The van der Waals surface area contributed by atoms with Crippen LogP contribution in [0.5, 0.6) is 5.75 Å². The van der Waals surface area contributed by atoms with E-state index in [1.807, 2.05) is 22.9 Å². The average Bonchev–Trinajstić information content (AvgIpc) is 3.33. The van der Waals surface area contributed by atoms with E-state index in [0.717, 1.165) is 5.69 Å². The number of imidazole rings is 1. The molecule has 124 valence electrons. The van der Waals surface area contributed by atoms with E-state index in [0.29, 0.717) is 22.6 Å². The summed E-state index contributed by atoms with van der Waals surface area (Å²) >= 11 is 0. The topological polar surface area (TPSA) is 86.3 Å². The lowest BCUT2D eigenvalue weighted by Crippen LogP contribution is -2.16. The molecule has 0 radical (unpaired) electrons. The Bertz CT molecular complexity index is 1040. The van der Waals surface area contributed by atoms with Crippen molar-refractivity contribution in [3.63, 3.8) is 0 Å². The quantitative estimate of drug-likeness (QED) is 0.618. The predicted octanol–water partition coefficient (Wildman–Crippen LogP) is 2.18. The molecule has 25 heavy (non-hydrogen) atoms. The van der Waals surface area contributed by atoms with Gasteiger partial charge in [0.15, 0.2) is 5.69 Å². The first-order valence-electron chi connectivity index (χ1n) is 7.52. The van der Waals surface area contributed by atoms with E-state index < -0.39 is 0 Å². The van der Waals surface area contributed by atoms with Gasteiger partial charge < -0.3 is 14.6 Å². The molecule has 1 N–H and O–H groups in total. The van der Waals surface area contributed by atoms with Crippen LogP contribution in [0.4, 0.5) is 5.69 Å². The molecule has 0 aliphatic heterocycles. The third-order valence-electron chi connectivity index (χ3n) is 3.78. The van der Waals surface area contributed by atoms with Crippen LogP contribution in [0.2, 0.25) is 0 Å². The van der Waals surface area contributed by atoms with Crippen LogP contribution in [0.1, 0.15) is 10.5 Å². The number of nitrogens with zero attached hydrogens (tertiary/aromatic N) is 5. The number of amides is 1. The van der Waals surface area contributed by atoms with E-state index in [1.165, 1.54) is 6.33 Å². The molecule has 0 atom stereocenters. The fourth-order valence-electron chi connectivity index (χ4n) is 2.58. The summed E-state index contributed by atoms with van der Waals surface area (Å²) in [6, 6.07) is 9.06. The molecule has 1 amide bonds. The van der Waals surface area contributed by atoms with Gasteiger partial charge in [-0.2, -0.15) is 5.10 Å². The molecular formula is C17H14N6O2. The number of rotatable bonds is 4. The van der Waals surface area contributed by atoms with Crippen molar-refractivity contribution in [2.75, 3.05) is 12.4 Å². The van der Waals surface area contributed by atoms with Crippen molar-refractivity contribution in [3.05, 3.63) is 67.3 Å². The average molecular weight is 334 g/mol. The van der Waals surface area contributed by atoms with Gasteiger partial charge in [0, 0.05) is 24.7 Å². The van der Waals surface area contributed by atoms with E-state index >= 15 is 0 Å². The summed E-state index contributed by atoms with van der Waals surface area (Å²) in [6.45, 7) is 0. The Hall–Kier alpha value is -3.68. The Morgan fingerprint density at radius 2 is 2.16 bits per heavy atom. The normalized spacial score (nSPS) is 10.8. The summed E-state index contributed by atoms with van der Waals surface area (Å²) in [6.07, 6.45) is 8.32. The molecule has 3 aromatic heterocycles. The van der Waals surface area contributed by atoms with Crippen molar-refractivity contribution in [1.82, 2.24) is 24.1 Å². The zero-order valence-electron chi connectivity index (χ0n) is 13.3. The summed E-state index contributed by atoms with van der Waals surface area (Å²) < 4.78 is 8.86. The van der Waals surface area contributed by atoms with Crippen molar-refractivity contribution >= 4 is 17.1 Å². The first kappa shape index (κ1) is 14.9. The highest BCUT2D eigenvalue weighted by atomic mass is 16.5. The van der Waals surface area contributed by atoms with Crippen LogP contribution in [-0.4, -0.2) is 37.2 Å². The number of carbonyl (C=O) groups excluding carboxylic acids is 1. The summed E-state index contributed by atoms with van der Waals surface area (Å²) in [7, 11) is 1.55. The fourth-order valence-corrected chi connectivity index (χ4v) is 2.58. The maximum absolute atomic E-state index is 12.6. The first-order chi connectivity index (χ1) is 12.3. The van der Waals surface area contributed by atoms with Gasteiger partial charge in [0.1, 0.15) is 12.1 Å². The van der Waals surface area contributed by atoms with E-state index in [4.69, 9.17) is 4.74 Å². The van der Waals surface area contributed by atoms with Crippen molar-refractivity contribution in [3.8, 4) is 11.4 Å². The lowest BCUT2D eigenvalue weighted by Gasteiger charge is -2.12. The Labute approximate surface area is 142 Å². The maximum atomic E-state index is 12.6. The number of carbonyl (C=O) groups is 1. The molecule has 0 saturated carbocycles. The minimum atomic E-state index is -0.334. The van der Waals surface area contributed by atoms with Crippen LogP contribution in [0, 0.1) is 0 Å². The molecule has 0 bridgehead atoms. The van der Waals surface area contributed by atoms with Crippen molar-refractivity contribution in [2.45, 2.75) is 0 Å². The number of hydrogen-bond donors (Lipinski definition) is 1. The molecule has 0 aliphatic rings. The van der Waals surface area contributed by atoms with E-state index in [2.05, 4.69) is 20.4 Å². The van der Waals surface area contributed by atoms with E-state index in [1.54, 1.807) is 48.5 Å². The number of anilines is 1. The van der Waals surface area contributed by atoms with Gasteiger partial charge in [-0.1, -0.05) is 0 Å². The molecule has 1 aromatic carbocycles. The Kier molecular flexibility index (Phi) is 3.62. The summed E-state index contributed by atoms with van der Waals surface area (Å²) in [5, 5.41) is 6.90. The van der Waals surface area contributed by atoms with Crippen LogP contribution in [0.15, 0.2) is 61.6 Å². The molecule has 0 aliphatic carbocycles. The first-order valence-corrected chi connectivity index (χ1v) is 7.52. The molecule has 4 aromatic rings. The monoisotopic (exact) mass is 334 g/mol. The Morgan fingerprint density at radius 1 is 1.24 bits per heavy atom. The van der Waals surface area contributed by atoms with Crippen LogP contribution in [0.3, 0.4) is 0 Å². The minimum Gasteiger partial charge on any atom is -0.494 e. The van der Waals surface area contributed by atoms with Gasteiger partial charge in [0.05, 0.1) is 30.3 Å². The number of nitrogens with one attached hydrogen (secondary N) is 1. The van der Waals surface area contributed by atoms with Gasteiger partial charge in [0.2, 0.25) is 0 Å². The largest absolute Gasteiger partial charge is 0.494 e. The maximum Gasteiger partial charge on any atom is 0.276 e. The molecule has 0 fully saturated rings. The van der Waals surface area contributed by atoms with Crippen LogP contribution in [0.25, 0.3) is 11.2 Å². The van der Waals surface area contributed by atoms with Crippen LogP contribution >= 0.6 is 0 Å². The van der Waals surface area contributed by atoms with Crippen LogP contribution < -0.4 is 10.1 Å². The summed E-state index contributed by atoms with van der Waals surface area (Å²) in [4.78, 5) is 20.7. The SMILES string of the molecule is COc1cc(-n2ccnc2)ccc1NC(=O)c1ncnn2cccc12. The van der Waals surface area contributed by atoms with E-state index in [-0.39, 0.29) is 5.91 Å². The van der Waals surface area contributed by atoms with Gasteiger partial charge in [-0.25, -0.2) is 14.5 Å². The van der Waals surface area contributed by atoms with E-state index in [9.17, 15) is 4.79 Å². The van der Waals surface area contributed by atoms with Gasteiger partial charge in [-0.05, 0) is 24.3 Å². The third kappa shape index (κ3) is 2.69. The fraction of sp³-hybridized carbons (Fsp3) is 0.0588. The molecule has 0 spiro atoms. The van der Waals surface area contributed by atoms with Crippen LogP contribution in [-0.2, 0) is 0 Å². The number of methoxy groups -OCH3 is 1. The smallest absolute Gasteiger partial charge is 0.276 e. The molecule has 8 heteroatoms.